The number of hydrogen-bond acceptors (Lipinski definition) is 7. The molecule has 1 heterocycles. The maximum Gasteiger partial charge on any atom is 0.407 e. The molecule has 0 saturated carbocycles. The molecule has 3 N–H and O–H groups in total. The summed E-state index contributed by atoms with van der Waals surface area (Å²) in [5.41, 5.74) is 1.60. The molecule has 1 aliphatic rings. The monoisotopic (exact) mass is 807 g/mol. The molecule has 0 radical (unpaired) electrons. The summed E-state index contributed by atoms with van der Waals surface area (Å²) in [4.78, 5) is 69.0. The lowest BCUT2D eigenvalue weighted by molar-refractivity contribution is -0.141. The smallest absolute Gasteiger partial charge is 0.407 e. The largest absolute Gasteiger partial charge is 0.444 e. The highest BCUT2D eigenvalue weighted by atomic mass is 28.4. The van der Waals surface area contributed by atoms with E-state index in [-0.39, 0.29) is 46.9 Å². The van der Waals surface area contributed by atoms with Gasteiger partial charge in [-0.05, 0) is 101 Å². The fourth-order valence-electron chi connectivity index (χ4n) is 6.57. The van der Waals surface area contributed by atoms with Gasteiger partial charge in [0.2, 0.25) is 11.8 Å². The van der Waals surface area contributed by atoms with Crippen molar-refractivity contribution in [2.24, 2.45) is 11.8 Å². The molecule has 0 spiro atoms. The molecule has 2 aromatic rings. The Balaban J connectivity index is 2.13. The van der Waals surface area contributed by atoms with Gasteiger partial charge in [-0.15, -0.1) is 0 Å². The first-order chi connectivity index (χ1) is 26.5. The second kappa shape index (κ2) is 20.6. The van der Waals surface area contributed by atoms with Crippen LogP contribution in [0, 0.1) is 11.8 Å². The van der Waals surface area contributed by atoms with Gasteiger partial charge < -0.3 is 30.0 Å². The van der Waals surface area contributed by atoms with Crippen molar-refractivity contribution >= 4 is 37.9 Å². The predicted molar refractivity (Wildman–Crippen MR) is 228 cm³/mol. The fourth-order valence-corrected chi connectivity index (χ4v) is 7.94. The van der Waals surface area contributed by atoms with E-state index >= 15 is 0 Å². The SMILES string of the molecule is CC[C@H](C)[C@H](NC(=O)[C@@H](Cc1ccc(C(=O)NC(C)C)cc1)C[C@@H](O[Si](C)(C)C(C)(C)C)[C@H](Cc1ccccc1)NC(=O)OC(C)(C)C)C(=O)N1CCC(=O)CC1. The Hall–Kier alpha value is -4.03. The highest BCUT2D eigenvalue weighted by molar-refractivity contribution is 6.74. The summed E-state index contributed by atoms with van der Waals surface area (Å²) in [7, 11) is -2.53. The molecule has 0 aromatic heterocycles. The van der Waals surface area contributed by atoms with E-state index in [1.165, 1.54) is 0 Å². The van der Waals surface area contributed by atoms with Crippen LogP contribution in [0.25, 0.3) is 0 Å². The quantitative estimate of drug-likeness (QED) is 0.140. The van der Waals surface area contributed by atoms with Crippen LogP contribution >= 0.6 is 0 Å². The van der Waals surface area contributed by atoms with Gasteiger partial charge in [-0.25, -0.2) is 4.79 Å². The van der Waals surface area contributed by atoms with Crippen molar-refractivity contribution in [1.82, 2.24) is 20.9 Å². The highest BCUT2D eigenvalue weighted by Gasteiger charge is 2.43. The number of nitrogens with zero attached hydrogens (tertiary/aromatic N) is 1. The second-order valence-electron chi connectivity index (χ2n) is 18.6. The average molecular weight is 807 g/mol. The predicted octanol–water partition coefficient (Wildman–Crippen LogP) is 7.62. The molecular formula is C45H70N4O7Si. The number of nitrogens with one attached hydrogen (secondary N) is 3. The molecule has 0 aliphatic carbocycles. The minimum absolute atomic E-state index is 0.0206. The van der Waals surface area contributed by atoms with Gasteiger partial charge in [0.25, 0.3) is 5.91 Å². The maximum absolute atomic E-state index is 14.8. The topological polar surface area (TPSA) is 143 Å². The van der Waals surface area contributed by atoms with Crippen LogP contribution in [0.5, 0.6) is 0 Å². The van der Waals surface area contributed by atoms with Crippen LogP contribution in [0.4, 0.5) is 4.79 Å². The molecule has 0 bridgehead atoms. The summed E-state index contributed by atoms with van der Waals surface area (Å²) in [6, 6.07) is 15.7. The van der Waals surface area contributed by atoms with Crippen molar-refractivity contribution in [2.45, 2.75) is 156 Å². The third kappa shape index (κ3) is 15.0. The van der Waals surface area contributed by atoms with E-state index in [4.69, 9.17) is 9.16 Å². The molecule has 11 nitrogen and oxygen atoms in total. The van der Waals surface area contributed by atoms with Crippen LogP contribution in [-0.4, -0.2) is 85.7 Å². The second-order valence-corrected chi connectivity index (χ2v) is 23.3. The minimum atomic E-state index is -2.53. The van der Waals surface area contributed by atoms with Gasteiger partial charge in [0, 0.05) is 43.5 Å². The van der Waals surface area contributed by atoms with Crippen LogP contribution in [0.3, 0.4) is 0 Å². The van der Waals surface area contributed by atoms with Crippen molar-refractivity contribution in [1.29, 1.82) is 0 Å². The Morgan fingerprint density at radius 1 is 0.807 bits per heavy atom. The number of hydrogen-bond donors (Lipinski definition) is 3. The van der Waals surface area contributed by atoms with Crippen LogP contribution < -0.4 is 16.0 Å². The number of alkyl carbamates (subject to hydrolysis) is 1. The van der Waals surface area contributed by atoms with Gasteiger partial charge in [-0.3, -0.25) is 19.2 Å². The number of likely N-dealkylation sites (tertiary alicyclic amines) is 1. The van der Waals surface area contributed by atoms with E-state index in [2.05, 4.69) is 49.8 Å². The third-order valence-electron chi connectivity index (χ3n) is 11.1. The van der Waals surface area contributed by atoms with E-state index in [0.29, 0.717) is 50.8 Å². The zero-order valence-electron chi connectivity index (χ0n) is 36.6. The van der Waals surface area contributed by atoms with Crippen molar-refractivity contribution in [3.63, 3.8) is 0 Å². The lowest BCUT2D eigenvalue weighted by atomic mass is 9.87. The van der Waals surface area contributed by atoms with E-state index in [1.807, 2.05) is 90.9 Å². The Labute approximate surface area is 342 Å². The van der Waals surface area contributed by atoms with Crippen molar-refractivity contribution in [3.05, 3.63) is 71.3 Å². The summed E-state index contributed by atoms with van der Waals surface area (Å²) < 4.78 is 13.0. The van der Waals surface area contributed by atoms with Gasteiger partial charge in [-0.1, -0.05) is 83.5 Å². The zero-order chi connectivity index (χ0) is 42.7. The molecule has 12 heteroatoms. The minimum Gasteiger partial charge on any atom is -0.444 e. The normalized spacial score (nSPS) is 16.6. The zero-order valence-corrected chi connectivity index (χ0v) is 37.6. The number of Topliss-reactive ketones (excluding diaryl/α,β-unsaturated/α-hetero) is 1. The number of amides is 4. The third-order valence-corrected chi connectivity index (χ3v) is 15.6. The number of benzene rings is 2. The van der Waals surface area contributed by atoms with Crippen LogP contribution in [0.1, 0.15) is 116 Å². The van der Waals surface area contributed by atoms with Crippen molar-refractivity contribution < 1.29 is 33.1 Å². The van der Waals surface area contributed by atoms with Gasteiger partial charge in [-0.2, -0.15) is 0 Å². The molecule has 5 atom stereocenters. The number of carbonyl (C=O) groups is 5. The summed E-state index contributed by atoms with van der Waals surface area (Å²) in [5.74, 6) is -1.41. The van der Waals surface area contributed by atoms with E-state index in [9.17, 15) is 24.0 Å². The summed E-state index contributed by atoms with van der Waals surface area (Å²) in [6.07, 6.45) is 1.00. The number of ether oxygens (including phenoxy) is 1. The summed E-state index contributed by atoms with van der Waals surface area (Å²) >= 11 is 0. The van der Waals surface area contributed by atoms with Crippen LogP contribution in [0.15, 0.2) is 54.6 Å². The van der Waals surface area contributed by atoms with Crippen molar-refractivity contribution in [2.75, 3.05) is 13.1 Å². The Morgan fingerprint density at radius 3 is 1.91 bits per heavy atom. The summed E-state index contributed by atoms with van der Waals surface area (Å²) in [6.45, 7) is 24.7. The molecular weight excluding hydrogens is 737 g/mol. The number of piperidine rings is 1. The molecule has 316 valence electrons. The lowest BCUT2D eigenvalue weighted by Gasteiger charge is -2.42. The number of rotatable bonds is 17. The molecule has 1 fully saturated rings. The average Bonchev–Trinajstić information content (AvgIpc) is 3.11. The number of carbonyl (C=O) groups excluding carboxylic acids is 5. The molecule has 57 heavy (non-hydrogen) atoms. The number of ketones is 1. The summed E-state index contributed by atoms with van der Waals surface area (Å²) in [5, 5.41) is 9.05. The molecule has 2 aromatic carbocycles. The van der Waals surface area contributed by atoms with Gasteiger partial charge in [0.15, 0.2) is 8.32 Å². The van der Waals surface area contributed by atoms with Gasteiger partial charge >= 0.3 is 6.09 Å². The molecule has 1 aliphatic heterocycles. The Morgan fingerprint density at radius 2 is 1.39 bits per heavy atom. The van der Waals surface area contributed by atoms with E-state index < -0.39 is 44.1 Å². The Bertz CT molecular complexity index is 1640. The maximum atomic E-state index is 14.8. The highest BCUT2D eigenvalue weighted by Crippen LogP contribution is 2.39. The van der Waals surface area contributed by atoms with Crippen LogP contribution in [0.2, 0.25) is 18.1 Å². The lowest BCUT2D eigenvalue weighted by Crippen LogP contribution is -2.56. The van der Waals surface area contributed by atoms with Crippen molar-refractivity contribution in [3.8, 4) is 0 Å². The Kier molecular flexibility index (Phi) is 17.1. The first-order valence-corrected chi connectivity index (χ1v) is 23.6. The van der Waals surface area contributed by atoms with Crippen LogP contribution in [-0.2, 0) is 36.4 Å². The fraction of sp³-hybridized carbons (Fsp3) is 0.622. The van der Waals surface area contributed by atoms with Gasteiger partial charge in [0.05, 0.1) is 12.1 Å². The first kappa shape index (κ1) is 47.3. The van der Waals surface area contributed by atoms with E-state index in [1.54, 1.807) is 17.0 Å². The molecule has 3 rings (SSSR count). The molecule has 4 amide bonds. The molecule has 1 saturated heterocycles. The molecule has 0 unspecified atom stereocenters. The van der Waals surface area contributed by atoms with Gasteiger partial charge in [0.1, 0.15) is 17.4 Å². The first-order valence-electron chi connectivity index (χ1n) is 20.7. The van der Waals surface area contributed by atoms with E-state index in [0.717, 1.165) is 11.1 Å². The standard InChI is InChI=1S/C45H70N4O7Si/c1-13-31(4)39(42(53)49-25-23-36(50)24-26-49)48-41(52)35(27-33-19-21-34(22-20-33)40(51)46-30(2)3)29-38(56-57(11,12)45(8,9)10)37(28-32-17-15-14-16-18-32)47-43(54)55-44(5,6)7/h14-22,30-31,35,37-39H,13,23-29H2,1-12H3,(H,46,51)(H,47,54)(H,48,52)/t31-,35-,37-,38+,39-/m0/s1.